The summed E-state index contributed by atoms with van der Waals surface area (Å²) < 4.78 is 7.19. The number of carbonyl (C=O) groups is 1. The van der Waals surface area contributed by atoms with Crippen molar-refractivity contribution in [2.24, 2.45) is 5.73 Å². The second kappa shape index (κ2) is 5.93. The summed E-state index contributed by atoms with van der Waals surface area (Å²) in [7, 11) is 1.62. The first-order chi connectivity index (χ1) is 9.15. The smallest absolute Gasteiger partial charge is 0.219 e. The van der Waals surface area contributed by atoms with Gasteiger partial charge in [-0.3, -0.25) is 4.79 Å². The van der Waals surface area contributed by atoms with Crippen molar-refractivity contribution in [3.05, 3.63) is 24.0 Å². The third-order valence-electron chi connectivity index (χ3n) is 2.93. The van der Waals surface area contributed by atoms with E-state index >= 15 is 0 Å². The molecule has 1 heterocycles. The Morgan fingerprint density at radius 3 is 2.95 bits per heavy atom. The van der Waals surface area contributed by atoms with E-state index in [2.05, 4.69) is 4.98 Å². The monoisotopic (exact) mass is 281 g/mol. The van der Waals surface area contributed by atoms with Crippen molar-refractivity contribution in [2.75, 3.05) is 13.0 Å². The van der Waals surface area contributed by atoms with Gasteiger partial charge < -0.3 is 15.0 Å². The van der Waals surface area contributed by atoms with Gasteiger partial charge >= 0.3 is 0 Å². The van der Waals surface area contributed by atoms with Crippen LogP contribution in [0.4, 0.5) is 0 Å². The highest BCUT2D eigenvalue weighted by molar-refractivity contribution is 6.17. The first kappa shape index (κ1) is 13.7. The van der Waals surface area contributed by atoms with Crippen LogP contribution in [-0.2, 0) is 17.8 Å². The van der Waals surface area contributed by atoms with E-state index in [1.165, 1.54) is 0 Å². The number of ether oxygens (including phenoxy) is 1. The normalized spacial score (nSPS) is 10.8. The Labute approximate surface area is 116 Å². The maximum absolute atomic E-state index is 11.0. The fourth-order valence-electron chi connectivity index (χ4n) is 2.03. The molecule has 1 aromatic carbocycles. The van der Waals surface area contributed by atoms with Gasteiger partial charge in [-0.1, -0.05) is 0 Å². The molecule has 0 bridgehead atoms. The minimum Gasteiger partial charge on any atom is -0.497 e. The van der Waals surface area contributed by atoms with Crippen molar-refractivity contribution in [3.63, 3.8) is 0 Å². The van der Waals surface area contributed by atoms with Crippen LogP contribution in [0, 0.1) is 0 Å². The summed E-state index contributed by atoms with van der Waals surface area (Å²) in [4.78, 5) is 15.5. The lowest BCUT2D eigenvalue weighted by Gasteiger charge is -2.07. The number of fused-ring (bicyclic) bond motifs is 1. The summed E-state index contributed by atoms with van der Waals surface area (Å²) in [5.41, 5.74) is 7.01. The van der Waals surface area contributed by atoms with Crippen LogP contribution >= 0.6 is 11.6 Å². The Bertz CT molecular complexity index is 595. The van der Waals surface area contributed by atoms with Crippen LogP contribution < -0.4 is 10.5 Å². The van der Waals surface area contributed by atoms with Crippen molar-refractivity contribution in [2.45, 2.75) is 19.4 Å². The number of imidazole rings is 1. The zero-order chi connectivity index (χ0) is 13.8. The molecule has 0 aliphatic carbocycles. The predicted molar refractivity (Wildman–Crippen MR) is 74.5 cm³/mol. The maximum atomic E-state index is 11.0. The van der Waals surface area contributed by atoms with Crippen molar-refractivity contribution >= 4 is 28.5 Å². The van der Waals surface area contributed by atoms with Crippen LogP contribution in [0.1, 0.15) is 12.2 Å². The van der Waals surface area contributed by atoms with E-state index in [-0.39, 0.29) is 12.3 Å². The molecule has 0 radical (unpaired) electrons. The number of nitrogens with zero attached hydrogens (tertiary/aromatic N) is 2. The van der Waals surface area contributed by atoms with Gasteiger partial charge in [0.2, 0.25) is 5.91 Å². The molecule has 1 aromatic heterocycles. The number of aryl methyl sites for hydroxylation is 2. The lowest BCUT2D eigenvalue weighted by molar-refractivity contribution is -0.118. The minimum atomic E-state index is -0.332. The number of aromatic nitrogens is 2. The topological polar surface area (TPSA) is 70.1 Å². The number of hydrogen-bond donors (Lipinski definition) is 1. The number of halogens is 1. The molecule has 0 atom stereocenters. The molecule has 5 nitrogen and oxygen atoms in total. The molecule has 102 valence electrons. The molecule has 1 amide bonds. The van der Waals surface area contributed by atoms with E-state index in [4.69, 9.17) is 22.1 Å². The van der Waals surface area contributed by atoms with Crippen molar-refractivity contribution < 1.29 is 9.53 Å². The van der Waals surface area contributed by atoms with E-state index in [1.54, 1.807) is 7.11 Å². The SMILES string of the molecule is COc1ccc2nc(CCCl)n(CCC(N)=O)c2c1. The molecule has 0 spiro atoms. The number of methoxy groups -OCH3 is 1. The minimum absolute atomic E-state index is 0.276. The number of benzene rings is 1. The number of nitrogens with two attached hydrogens (primary N) is 1. The fourth-order valence-corrected chi connectivity index (χ4v) is 2.20. The quantitative estimate of drug-likeness (QED) is 0.819. The summed E-state index contributed by atoms with van der Waals surface area (Å²) in [6, 6.07) is 5.66. The standard InChI is InChI=1S/C13H16ClN3O2/c1-19-9-2-3-10-11(8-9)17(7-5-12(15)18)13(16-10)4-6-14/h2-3,8H,4-7H2,1H3,(H2,15,18). The van der Waals surface area contributed by atoms with Crippen molar-refractivity contribution in [1.82, 2.24) is 9.55 Å². The largest absolute Gasteiger partial charge is 0.497 e. The first-order valence-corrected chi connectivity index (χ1v) is 6.56. The molecule has 0 saturated carbocycles. The third-order valence-corrected chi connectivity index (χ3v) is 3.12. The number of primary amides is 1. The van der Waals surface area contributed by atoms with E-state index in [1.807, 2.05) is 22.8 Å². The van der Waals surface area contributed by atoms with Crippen LogP contribution in [0.15, 0.2) is 18.2 Å². The van der Waals surface area contributed by atoms with Crippen LogP contribution in [0.2, 0.25) is 0 Å². The average Bonchev–Trinajstić information content (AvgIpc) is 2.73. The molecule has 2 rings (SSSR count). The highest BCUT2D eigenvalue weighted by atomic mass is 35.5. The lowest BCUT2D eigenvalue weighted by Crippen LogP contribution is -2.15. The summed E-state index contributed by atoms with van der Waals surface area (Å²) in [5.74, 6) is 1.77. The number of rotatable bonds is 6. The van der Waals surface area contributed by atoms with Gasteiger partial charge in [-0.2, -0.15) is 0 Å². The molecule has 0 unspecified atom stereocenters. The van der Waals surface area contributed by atoms with E-state index in [9.17, 15) is 4.79 Å². The van der Waals surface area contributed by atoms with Crippen LogP contribution in [0.3, 0.4) is 0 Å². The second-order valence-electron chi connectivity index (χ2n) is 4.19. The number of carbonyl (C=O) groups excluding carboxylic acids is 1. The van der Waals surface area contributed by atoms with E-state index < -0.39 is 0 Å². The van der Waals surface area contributed by atoms with Crippen LogP contribution in [0.5, 0.6) is 5.75 Å². The van der Waals surface area contributed by atoms with Crippen molar-refractivity contribution in [3.8, 4) is 5.75 Å². The molecule has 0 aliphatic heterocycles. The van der Waals surface area contributed by atoms with Gasteiger partial charge in [-0.25, -0.2) is 4.98 Å². The molecule has 19 heavy (non-hydrogen) atoms. The van der Waals surface area contributed by atoms with Gasteiger partial charge in [-0.15, -0.1) is 11.6 Å². The summed E-state index contributed by atoms with van der Waals surface area (Å²) >= 11 is 5.79. The van der Waals surface area contributed by atoms with Crippen LogP contribution in [0.25, 0.3) is 11.0 Å². The van der Waals surface area contributed by atoms with Crippen molar-refractivity contribution in [1.29, 1.82) is 0 Å². The molecule has 0 fully saturated rings. The van der Waals surface area contributed by atoms with Gasteiger partial charge in [0.1, 0.15) is 11.6 Å². The predicted octanol–water partition coefficient (Wildman–Crippen LogP) is 1.70. The van der Waals surface area contributed by atoms with Gasteiger partial charge in [0.05, 0.1) is 18.1 Å². The Morgan fingerprint density at radius 1 is 1.53 bits per heavy atom. The van der Waals surface area contributed by atoms with Gasteiger partial charge in [0, 0.05) is 31.3 Å². The third kappa shape index (κ3) is 2.98. The fraction of sp³-hybridized carbons (Fsp3) is 0.385. The molecule has 0 saturated heterocycles. The summed E-state index contributed by atoms with van der Waals surface area (Å²) in [6.07, 6.45) is 0.926. The summed E-state index contributed by atoms with van der Waals surface area (Å²) in [6.45, 7) is 0.505. The highest BCUT2D eigenvalue weighted by Gasteiger charge is 2.11. The van der Waals surface area contributed by atoms with Gasteiger partial charge in [0.25, 0.3) is 0 Å². The van der Waals surface area contributed by atoms with Gasteiger partial charge in [0.15, 0.2) is 0 Å². The Kier molecular flexibility index (Phi) is 4.27. The van der Waals surface area contributed by atoms with E-state index in [0.717, 1.165) is 22.6 Å². The molecular formula is C13H16ClN3O2. The molecular weight excluding hydrogens is 266 g/mol. The zero-order valence-corrected chi connectivity index (χ0v) is 11.5. The average molecular weight is 282 g/mol. The van der Waals surface area contributed by atoms with E-state index in [0.29, 0.717) is 18.8 Å². The highest BCUT2D eigenvalue weighted by Crippen LogP contribution is 2.22. The molecule has 6 heteroatoms. The molecule has 0 aliphatic rings. The molecule has 2 aromatic rings. The number of hydrogen-bond acceptors (Lipinski definition) is 3. The maximum Gasteiger partial charge on any atom is 0.219 e. The van der Waals surface area contributed by atoms with Crippen LogP contribution in [-0.4, -0.2) is 28.4 Å². The Balaban J connectivity index is 2.46. The lowest BCUT2D eigenvalue weighted by atomic mass is 10.3. The number of alkyl halides is 1. The second-order valence-corrected chi connectivity index (χ2v) is 4.57. The first-order valence-electron chi connectivity index (χ1n) is 6.03. The van der Waals surface area contributed by atoms with Gasteiger partial charge in [-0.05, 0) is 12.1 Å². The summed E-state index contributed by atoms with van der Waals surface area (Å²) in [5, 5.41) is 0. The molecule has 2 N–H and O–H groups in total. The zero-order valence-electron chi connectivity index (χ0n) is 10.7. The Morgan fingerprint density at radius 2 is 2.32 bits per heavy atom. The number of amides is 1. The Hall–Kier alpha value is -1.75.